The first-order valence-electron chi connectivity index (χ1n) is 20.7. The van der Waals surface area contributed by atoms with Crippen LogP contribution in [0.25, 0.3) is 0 Å². The number of esters is 2. The minimum Gasteiger partial charge on any atom is -0.756 e. The second-order valence-electron chi connectivity index (χ2n) is 14.4. The van der Waals surface area contributed by atoms with E-state index in [4.69, 9.17) is 18.5 Å². The Bertz CT molecular complexity index is 1350. The number of ether oxygens (including phenoxy) is 2. The molecule has 0 aliphatic heterocycles. The summed E-state index contributed by atoms with van der Waals surface area (Å²) < 4.78 is 33.7. The van der Waals surface area contributed by atoms with Gasteiger partial charge >= 0.3 is 11.9 Å². The first kappa shape index (κ1) is 53.6. The van der Waals surface area contributed by atoms with Crippen LogP contribution in [0.5, 0.6) is 0 Å². The van der Waals surface area contributed by atoms with Crippen LogP contribution in [0.15, 0.2) is 109 Å². The molecular weight excluding hydrogens is 741 g/mol. The Kier molecular flexibility index (Phi) is 34.8. The lowest BCUT2D eigenvalue weighted by Crippen LogP contribution is -2.37. The Hall–Kier alpha value is -3.37. The summed E-state index contributed by atoms with van der Waals surface area (Å²) in [6.45, 7) is 3.74. The fraction of sp³-hybridized carbons (Fsp3) is 0.565. The molecule has 0 radical (unpaired) electrons. The van der Waals surface area contributed by atoms with Crippen LogP contribution in [-0.2, 0) is 32.7 Å². The molecule has 3 atom stereocenters. The zero-order valence-electron chi connectivity index (χ0n) is 35.6. The monoisotopic (exact) mass is 816 g/mol. The molecule has 0 saturated heterocycles. The van der Waals surface area contributed by atoms with Crippen LogP contribution in [0.4, 0.5) is 0 Å². The van der Waals surface area contributed by atoms with Crippen molar-refractivity contribution < 1.29 is 47.2 Å². The molecule has 2 unspecified atom stereocenters. The average Bonchev–Trinajstić information content (AvgIpc) is 3.15. The number of likely N-dealkylation sites (N-methyl/N-ethyl adjacent to an activating group) is 1. The zero-order chi connectivity index (χ0) is 42.3. The van der Waals surface area contributed by atoms with E-state index >= 15 is 0 Å². The highest BCUT2D eigenvalue weighted by molar-refractivity contribution is 7.45. The molecule has 0 aromatic rings. The van der Waals surface area contributed by atoms with E-state index in [0.29, 0.717) is 43.1 Å². The summed E-state index contributed by atoms with van der Waals surface area (Å²) in [6, 6.07) is 0. The summed E-state index contributed by atoms with van der Waals surface area (Å²) >= 11 is 0. The van der Waals surface area contributed by atoms with Crippen molar-refractivity contribution in [2.45, 2.75) is 122 Å². The third-order valence-corrected chi connectivity index (χ3v) is 8.83. The number of phosphoric acid groups is 1. The van der Waals surface area contributed by atoms with Crippen LogP contribution < -0.4 is 4.89 Å². The van der Waals surface area contributed by atoms with E-state index in [1.807, 2.05) is 63.7 Å². The Labute approximate surface area is 345 Å². The molecule has 57 heavy (non-hydrogen) atoms. The van der Waals surface area contributed by atoms with Crippen LogP contribution in [-0.4, -0.2) is 81.2 Å². The summed E-state index contributed by atoms with van der Waals surface area (Å²) in [4.78, 5) is 37.4. The predicted molar refractivity (Wildman–Crippen MR) is 232 cm³/mol. The first-order valence-corrected chi connectivity index (χ1v) is 22.2. The maximum Gasteiger partial charge on any atom is 0.306 e. The first-order chi connectivity index (χ1) is 27.4. The van der Waals surface area contributed by atoms with Gasteiger partial charge in [-0.1, -0.05) is 123 Å². The molecule has 10 nitrogen and oxygen atoms in total. The molecule has 1 N–H and O–H groups in total. The van der Waals surface area contributed by atoms with E-state index in [9.17, 15) is 24.2 Å². The molecule has 0 bridgehead atoms. The van der Waals surface area contributed by atoms with Gasteiger partial charge in [0.25, 0.3) is 7.82 Å². The predicted octanol–water partition coefficient (Wildman–Crippen LogP) is 9.91. The molecule has 0 aliphatic carbocycles. The quantitative estimate of drug-likeness (QED) is 0.0166. The largest absolute Gasteiger partial charge is 0.756 e. The van der Waals surface area contributed by atoms with Gasteiger partial charge in [0.1, 0.15) is 19.8 Å². The Balaban J connectivity index is 4.65. The molecule has 0 amide bonds. The standard InChI is InChI=1S/C46H74NO9P/c1-6-8-10-12-14-15-16-17-18-19-20-21-26-30-34-38-46(50)56-44(42-55-57(51,52)54-40-39-47(3,4)5)41-53-45(49)37-33-29-25-23-22-24-28-32-36-43(48)35-31-27-13-11-9-7-2/h8-11,14-15,17-18,20-21,23-25,27-28,31-32,36,43-44,48H,6-7,12-13,16,19,22,26,29-30,33-35,37-42H2,1-5H3/b10-8-,11-9-,15-14-,18-17-,21-20-,25-23-,28-24-,31-27-,36-32+/t43?,44-/m1/s1. The Morgan fingerprint density at radius 2 is 1.18 bits per heavy atom. The zero-order valence-corrected chi connectivity index (χ0v) is 36.5. The molecule has 11 heteroatoms. The number of allylic oxidation sites excluding steroid dienone is 16. The van der Waals surface area contributed by atoms with Crippen molar-refractivity contribution in [2.75, 3.05) is 47.5 Å². The highest BCUT2D eigenvalue weighted by atomic mass is 31.2. The molecular formula is C46H74NO9P. The van der Waals surface area contributed by atoms with Crippen LogP contribution in [0.1, 0.15) is 110 Å². The molecule has 0 aromatic heterocycles. The number of carbonyl (C=O) groups is 2. The van der Waals surface area contributed by atoms with Gasteiger partial charge in [-0.2, -0.15) is 0 Å². The number of aliphatic hydroxyl groups is 1. The van der Waals surface area contributed by atoms with Crippen molar-refractivity contribution in [2.24, 2.45) is 0 Å². The van der Waals surface area contributed by atoms with Gasteiger partial charge in [-0.05, 0) is 83.5 Å². The van der Waals surface area contributed by atoms with Crippen LogP contribution in [0, 0.1) is 0 Å². The average molecular weight is 816 g/mol. The lowest BCUT2D eigenvalue weighted by Gasteiger charge is -2.28. The minimum atomic E-state index is -4.67. The SMILES string of the molecule is CC/C=C\C/C=C\C/C=C\C/C=C\CCCCC(=O)O[C@H](COC(=O)CCC/C=C\C/C=C\C=C\C(O)C/C=C\C/C=C\CC)COP(=O)([O-])OCC[N+](C)(C)C. The summed E-state index contributed by atoms with van der Waals surface area (Å²) in [6.07, 6.45) is 45.9. The molecule has 0 heterocycles. The number of carbonyl (C=O) groups excluding carboxylic acids is 2. The molecule has 0 rings (SSSR count). The van der Waals surface area contributed by atoms with Gasteiger partial charge < -0.3 is 33.0 Å². The van der Waals surface area contributed by atoms with E-state index in [0.717, 1.165) is 51.4 Å². The fourth-order valence-corrected chi connectivity index (χ4v) is 5.37. The summed E-state index contributed by atoms with van der Waals surface area (Å²) in [7, 11) is 1.05. The lowest BCUT2D eigenvalue weighted by atomic mass is 10.2. The van der Waals surface area contributed by atoms with Crippen molar-refractivity contribution in [1.29, 1.82) is 0 Å². The number of hydrogen-bond acceptors (Lipinski definition) is 9. The topological polar surface area (TPSA) is 131 Å². The van der Waals surface area contributed by atoms with E-state index in [1.54, 1.807) is 6.08 Å². The third kappa shape index (κ3) is 40.6. The van der Waals surface area contributed by atoms with Crippen LogP contribution >= 0.6 is 7.82 Å². The third-order valence-electron chi connectivity index (χ3n) is 7.87. The Morgan fingerprint density at radius 3 is 1.77 bits per heavy atom. The number of hydrogen-bond donors (Lipinski definition) is 1. The van der Waals surface area contributed by atoms with Crippen molar-refractivity contribution in [3.8, 4) is 0 Å². The van der Waals surface area contributed by atoms with E-state index in [-0.39, 0.29) is 26.1 Å². The van der Waals surface area contributed by atoms with Gasteiger partial charge in [-0.3, -0.25) is 14.2 Å². The highest BCUT2D eigenvalue weighted by Gasteiger charge is 2.21. The number of phosphoric ester groups is 1. The molecule has 0 fully saturated rings. The van der Waals surface area contributed by atoms with Crippen molar-refractivity contribution in [3.63, 3.8) is 0 Å². The van der Waals surface area contributed by atoms with Gasteiger partial charge in [0.2, 0.25) is 0 Å². The van der Waals surface area contributed by atoms with Gasteiger partial charge in [0, 0.05) is 12.8 Å². The molecule has 0 saturated carbocycles. The van der Waals surface area contributed by atoms with Gasteiger partial charge in [-0.25, -0.2) is 0 Å². The maximum absolute atomic E-state index is 12.6. The smallest absolute Gasteiger partial charge is 0.306 e. The number of rotatable bonds is 35. The fourth-order valence-electron chi connectivity index (χ4n) is 4.64. The minimum absolute atomic E-state index is 0.0648. The van der Waals surface area contributed by atoms with E-state index in [2.05, 4.69) is 74.6 Å². The number of nitrogens with zero attached hydrogens (tertiary/aromatic N) is 1. The number of aliphatic hydroxyl groups excluding tert-OH is 1. The Morgan fingerprint density at radius 1 is 0.649 bits per heavy atom. The molecule has 322 valence electrons. The number of unbranched alkanes of at least 4 members (excludes halogenated alkanes) is 3. The molecule has 0 spiro atoms. The second kappa shape index (κ2) is 36.9. The lowest BCUT2D eigenvalue weighted by molar-refractivity contribution is -0.870. The van der Waals surface area contributed by atoms with Crippen molar-refractivity contribution >= 4 is 19.8 Å². The summed E-state index contributed by atoms with van der Waals surface area (Å²) in [5, 5.41) is 10.0. The summed E-state index contributed by atoms with van der Waals surface area (Å²) in [5.74, 6) is -1.01. The van der Waals surface area contributed by atoms with Gasteiger partial charge in [-0.15, -0.1) is 0 Å². The molecule has 0 aromatic carbocycles. The van der Waals surface area contributed by atoms with E-state index < -0.39 is 38.6 Å². The second-order valence-corrected chi connectivity index (χ2v) is 15.8. The number of quaternary nitrogens is 1. The normalized spacial score (nSPS) is 15.3. The van der Waals surface area contributed by atoms with E-state index in [1.165, 1.54) is 0 Å². The van der Waals surface area contributed by atoms with Crippen molar-refractivity contribution in [1.82, 2.24) is 0 Å². The van der Waals surface area contributed by atoms with Crippen LogP contribution in [0.3, 0.4) is 0 Å². The highest BCUT2D eigenvalue weighted by Crippen LogP contribution is 2.38. The maximum atomic E-state index is 12.6. The van der Waals surface area contributed by atoms with Crippen LogP contribution in [0.2, 0.25) is 0 Å². The summed E-state index contributed by atoms with van der Waals surface area (Å²) in [5.41, 5.74) is 0. The molecule has 0 aliphatic rings. The van der Waals surface area contributed by atoms with Gasteiger partial charge in [0.15, 0.2) is 6.10 Å². The van der Waals surface area contributed by atoms with Gasteiger partial charge in [0.05, 0.1) is 33.9 Å². The van der Waals surface area contributed by atoms with Crippen molar-refractivity contribution in [3.05, 3.63) is 109 Å².